The number of nitriles is 1. The number of halogens is 1. The Labute approximate surface area is 88.3 Å². The van der Waals surface area contributed by atoms with E-state index in [0.717, 1.165) is 30.4 Å². The van der Waals surface area contributed by atoms with Crippen LogP contribution in [-0.4, -0.2) is 0 Å². The number of nitrogens with zero attached hydrogens (tertiary/aromatic N) is 1. The molecule has 1 unspecified atom stereocenters. The lowest BCUT2D eigenvalue weighted by Crippen LogP contribution is -2.17. The smallest absolute Gasteiger partial charge is 0.101 e. The van der Waals surface area contributed by atoms with Gasteiger partial charge in [0.15, 0.2) is 0 Å². The van der Waals surface area contributed by atoms with Gasteiger partial charge >= 0.3 is 0 Å². The van der Waals surface area contributed by atoms with Gasteiger partial charge in [-0.1, -0.05) is 17.7 Å². The van der Waals surface area contributed by atoms with E-state index in [1.807, 2.05) is 6.07 Å². The first-order chi connectivity index (χ1) is 6.74. The maximum Gasteiger partial charge on any atom is 0.101 e. The maximum atomic E-state index is 8.82. The highest BCUT2D eigenvalue weighted by molar-refractivity contribution is 6.32. The SMILES string of the molecule is N#Cc1ccc2c(c1Cl)CCCC2N. The van der Waals surface area contributed by atoms with E-state index in [9.17, 15) is 0 Å². The molecule has 2 nitrogen and oxygen atoms in total. The minimum absolute atomic E-state index is 0.0870. The second-order valence-corrected chi connectivity index (χ2v) is 3.98. The number of nitrogens with two attached hydrogens (primary N) is 1. The Kier molecular flexibility index (Phi) is 2.45. The van der Waals surface area contributed by atoms with Gasteiger partial charge in [-0.3, -0.25) is 0 Å². The van der Waals surface area contributed by atoms with Gasteiger partial charge in [-0.05, 0) is 36.5 Å². The van der Waals surface area contributed by atoms with E-state index in [1.165, 1.54) is 0 Å². The number of benzene rings is 1. The summed E-state index contributed by atoms with van der Waals surface area (Å²) >= 11 is 6.11. The Morgan fingerprint density at radius 1 is 1.50 bits per heavy atom. The van der Waals surface area contributed by atoms with Crippen LogP contribution >= 0.6 is 11.6 Å². The molecule has 0 amide bonds. The van der Waals surface area contributed by atoms with Gasteiger partial charge in [-0.15, -0.1) is 0 Å². The molecule has 14 heavy (non-hydrogen) atoms. The summed E-state index contributed by atoms with van der Waals surface area (Å²) in [7, 11) is 0. The first-order valence-corrected chi connectivity index (χ1v) is 5.09. The number of rotatable bonds is 0. The maximum absolute atomic E-state index is 8.82. The summed E-state index contributed by atoms with van der Waals surface area (Å²) in [5.41, 5.74) is 8.71. The summed E-state index contributed by atoms with van der Waals surface area (Å²) in [4.78, 5) is 0. The summed E-state index contributed by atoms with van der Waals surface area (Å²) in [5.74, 6) is 0. The lowest BCUT2D eigenvalue weighted by molar-refractivity contribution is 0.570. The zero-order chi connectivity index (χ0) is 10.1. The third-order valence-electron chi connectivity index (χ3n) is 2.74. The van der Waals surface area contributed by atoms with E-state index < -0.39 is 0 Å². The molecule has 0 fully saturated rings. The van der Waals surface area contributed by atoms with Crippen molar-refractivity contribution < 1.29 is 0 Å². The molecule has 2 rings (SSSR count). The van der Waals surface area contributed by atoms with Crippen LogP contribution in [0.5, 0.6) is 0 Å². The van der Waals surface area contributed by atoms with Crippen LogP contribution in [0.25, 0.3) is 0 Å². The lowest BCUT2D eigenvalue weighted by Gasteiger charge is -2.23. The fraction of sp³-hybridized carbons (Fsp3) is 0.364. The van der Waals surface area contributed by atoms with Gasteiger partial charge in [0.1, 0.15) is 6.07 Å². The Hall–Kier alpha value is -1.04. The summed E-state index contributed by atoms with van der Waals surface area (Å²) in [6.45, 7) is 0. The molecule has 1 aliphatic rings. The molecular formula is C11H11ClN2. The molecule has 0 saturated heterocycles. The Morgan fingerprint density at radius 2 is 2.29 bits per heavy atom. The van der Waals surface area contributed by atoms with Crippen LogP contribution in [0, 0.1) is 11.3 Å². The van der Waals surface area contributed by atoms with Crippen molar-refractivity contribution in [2.24, 2.45) is 5.73 Å². The van der Waals surface area contributed by atoms with Crippen LogP contribution in [0.15, 0.2) is 12.1 Å². The molecule has 1 aliphatic carbocycles. The van der Waals surface area contributed by atoms with Gasteiger partial charge in [-0.2, -0.15) is 5.26 Å². The molecule has 1 atom stereocenters. The van der Waals surface area contributed by atoms with Crippen LogP contribution in [0.4, 0.5) is 0 Å². The van der Waals surface area contributed by atoms with Gasteiger partial charge in [0, 0.05) is 6.04 Å². The van der Waals surface area contributed by atoms with E-state index >= 15 is 0 Å². The van der Waals surface area contributed by atoms with Gasteiger partial charge in [0.2, 0.25) is 0 Å². The molecule has 0 aromatic heterocycles. The molecule has 72 valence electrons. The molecule has 1 aromatic rings. The fourth-order valence-electron chi connectivity index (χ4n) is 1.98. The van der Waals surface area contributed by atoms with Crippen LogP contribution < -0.4 is 5.73 Å². The van der Waals surface area contributed by atoms with Gasteiger partial charge in [0.05, 0.1) is 10.6 Å². The van der Waals surface area contributed by atoms with Gasteiger partial charge in [-0.25, -0.2) is 0 Å². The molecule has 3 heteroatoms. The molecule has 0 spiro atoms. The Bertz CT molecular complexity index is 406. The third-order valence-corrected chi connectivity index (χ3v) is 3.17. The van der Waals surface area contributed by atoms with E-state index in [-0.39, 0.29) is 6.04 Å². The second-order valence-electron chi connectivity index (χ2n) is 3.61. The normalized spacial score (nSPS) is 19.9. The van der Waals surface area contributed by atoms with Crippen LogP contribution in [0.3, 0.4) is 0 Å². The molecular weight excluding hydrogens is 196 g/mol. The molecule has 0 aliphatic heterocycles. The van der Waals surface area contributed by atoms with Gasteiger partial charge in [0.25, 0.3) is 0 Å². The standard InChI is InChI=1S/C11H11ClN2/c12-11-7(6-13)4-5-8-9(11)2-1-3-10(8)14/h4-5,10H,1-3,14H2. The summed E-state index contributed by atoms with van der Waals surface area (Å²) in [5, 5.41) is 9.42. The van der Waals surface area contributed by atoms with Crippen molar-refractivity contribution in [2.45, 2.75) is 25.3 Å². The van der Waals surface area contributed by atoms with Crippen molar-refractivity contribution >= 4 is 11.6 Å². The monoisotopic (exact) mass is 206 g/mol. The zero-order valence-corrected chi connectivity index (χ0v) is 8.51. The average molecular weight is 207 g/mol. The van der Waals surface area contributed by atoms with Crippen molar-refractivity contribution in [3.63, 3.8) is 0 Å². The summed E-state index contributed by atoms with van der Waals surface area (Å²) in [6, 6.07) is 5.86. The quantitative estimate of drug-likeness (QED) is 0.709. The van der Waals surface area contributed by atoms with Crippen molar-refractivity contribution in [1.82, 2.24) is 0 Å². The van der Waals surface area contributed by atoms with E-state index in [0.29, 0.717) is 10.6 Å². The molecule has 0 saturated carbocycles. The van der Waals surface area contributed by atoms with Crippen molar-refractivity contribution in [1.29, 1.82) is 5.26 Å². The predicted octanol–water partition coefficient (Wildman–Crippen LogP) is 2.55. The highest BCUT2D eigenvalue weighted by Crippen LogP contribution is 2.34. The average Bonchev–Trinajstić information content (AvgIpc) is 2.20. The Morgan fingerprint density at radius 3 is 3.00 bits per heavy atom. The largest absolute Gasteiger partial charge is 0.324 e. The molecule has 0 heterocycles. The topological polar surface area (TPSA) is 49.8 Å². The fourth-order valence-corrected chi connectivity index (χ4v) is 2.29. The van der Waals surface area contributed by atoms with Crippen molar-refractivity contribution in [2.75, 3.05) is 0 Å². The van der Waals surface area contributed by atoms with Crippen LogP contribution in [0.1, 0.15) is 35.6 Å². The first-order valence-electron chi connectivity index (χ1n) is 4.71. The van der Waals surface area contributed by atoms with Crippen molar-refractivity contribution in [3.05, 3.63) is 33.8 Å². The van der Waals surface area contributed by atoms with E-state index in [1.54, 1.807) is 6.07 Å². The number of hydrogen-bond acceptors (Lipinski definition) is 2. The highest BCUT2D eigenvalue weighted by Gasteiger charge is 2.20. The molecule has 1 aromatic carbocycles. The van der Waals surface area contributed by atoms with Crippen molar-refractivity contribution in [3.8, 4) is 6.07 Å². The van der Waals surface area contributed by atoms with Crippen LogP contribution in [-0.2, 0) is 6.42 Å². The zero-order valence-electron chi connectivity index (χ0n) is 7.76. The van der Waals surface area contributed by atoms with E-state index in [4.69, 9.17) is 22.6 Å². The summed E-state index contributed by atoms with van der Waals surface area (Å²) < 4.78 is 0. The lowest BCUT2D eigenvalue weighted by atomic mass is 9.87. The first kappa shape index (κ1) is 9.51. The van der Waals surface area contributed by atoms with Gasteiger partial charge < -0.3 is 5.73 Å². The minimum atomic E-state index is 0.0870. The predicted molar refractivity (Wildman–Crippen MR) is 56.0 cm³/mol. The second kappa shape index (κ2) is 3.61. The molecule has 0 radical (unpaired) electrons. The molecule has 0 bridgehead atoms. The third kappa shape index (κ3) is 1.39. The minimum Gasteiger partial charge on any atom is -0.324 e. The van der Waals surface area contributed by atoms with Crippen LogP contribution in [0.2, 0.25) is 5.02 Å². The number of hydrogen-bond donors (Lipinski definition) is 1. The number of fused-ring (bicyclic) bond motifs is 1. The Balaban J connectivity index is 2.59. The molecule has 2 N–H and O–H groups in total. The van der Waals surface area contributed by atoms with E-state index in [2.05, 4.69) is 6.07 Å². The highest BCUT2D eigenvalue weighted by atomic mass is 35.5. The summed E-state index contributed by atoms with van der Waals surface area (Å²) in [6.07, 6.45) is 3.01.